The van der Waals surface area contributed by atoms with Gasteiger partial charge < -0.3 is 19.7 Å². The largest absolute Gasteiger partial charge is 0.492 e. The van der Waals surface area contributed by atoms with E-state index in [9.17, 15) is 9.59 Å². The van der Waals surface area contributed by atoms with Crippen LogP contribution in [0, 0.1) is 6.92 Å². The number of carbonyl (C=O) groups is 2. The lowest BCUT2D eigenvalue weighted by molar-refractivity contribution is -0.125. The van der Waals surface area contributed by atoms with Crippen molar-refractivity contribution >= 4 is 34.8 Å². The Morgan fingerprint density at radius 2 is 1.88 bits per heavy atom. The highest BCUT2D eigenvalue weighted by Gasteiger charge is 2.31. The summed E-state index contributed by atoms with van der Waals surface area (Å²) in [5.41, 5.74) is 2.63. The first-order chi connectivity index (χ1) is 15.4. The molecule has 0 aliphatic carbocycles. The van der Waals surface area contributed by atoms with Crippen LogP contribution in [0.2, 0.25) is 5.02 Å². The third kappa shape index (κ3) is 4.70. The highest BCUT2D eigenvalue weighted by atomic mass is 35.5. The van der Waals surface area contributed by atoms with Crippen molar-refractivity contribution in [2.75, 3.05) is 23.4 Å². The number of anilines is 2. The minimum atomic E-state index is -0.606. The lowest BCUT2D eigenvalue weighted by Gasteiger charge is -2.33. The predicted octanol–water partition coefficient (Wildman–Crippen LogP) is 5.09. The van der Waals surface area contributed by atoms with Gasteiger partial charge in [0.1, 0.15) is 18.1 Å². The molecule has 1 aliphatic rings. The van der Waals surface area contributed by atoms with Crippen molar-refractivity contribution in [3.63, 3.8) is 0 Å². The fraction of sp³-hybridized carbons (Fsp3) is 0.200. The second-order valence-corrected chi connectivity index (χ2v) is 7.94. The van der Waals surface area contributed by atoms with Gasteiger partial charge in [-0.3, -0.25) is 9.59 Å². The summed E-state index contributed by atoms with van der Waals surface area (Å²) in [5.74, 6) is 0.814. The van der Waals surface area contributed by atoms with Crippen LogP contribution in [0.4, 0.5) is 11.4 Å². The standard InChI is InChI=1S/C25H23ClN2O4/c1-16-7-10-19(11-8-16)31-14-13-28-22-15-18(9-12-23(22)32-17(2)25(28)30)27-24(29)20-5-3-4-6-21(20)26/h3-12,15,17H,13-14H2,1-2H3,(H,27,29). The van der Waals surface area contributed by atoms with E-state index in [0.717, 1.165) is 11.3 Å². The normalized spacial score (nSPS) is 15.0. The van der Waals surface area contributed by atoms with Crippen LogP contribution in [-0.2, 0) is 4.79 Å². The fourth-order valence-electron chi connectivity index (χ4n) is 3.45. The maximum Gasteiger partial charge on any atom is 0.267 e. The number of rotatable bonds is 6. The number of nitrogens with one attached hydrogen (secondary N) is 1. The number of carbonyl (C=O) groups excluding carboxylic acids is 2. The number of hydrogen-bond acceptors (Lipinski definition) is 4. The van der Waals surface area contributed by atoms with Crippen LogP contribution in [0.3, 0.4) is 0 Å². The summed E-state index contributed by atoms with van der Waals surface area (Å²) in [7, 11) is 0. The third-order valence-corrected chi connectivity index (χ3v) is 5.48. The number of nitrogens with zero attached hydrogens (tertiary/aromatic N) is 1. The van der Waals surface area contributed by atoms with Crippen molar-refractivity contribution in [3.8, 4) is 11.5 Å². The number of fused-ring (bicyclic) bond motifs is 1. The first kappa shape index (κ1) is 21.7. The van der Waals surface area contributed by atoms with Crippen molar-refractivity contribution in [1.82, 2.24) is 0 Å². The zero-order valence-electron chi connectivity index (χ0n) is 17.8. The Morgan fingerprint density at radius 1 is 1.12 bits per heavy atom. The van der Waals surface area contributed by atoms with Crippen molar-refractivity contribution in [1.29, 1.82) is 0 Å². The summed E-state index contributed by atoms with van der Waals surface area (Å²) in [5, 5.41) is 3.20. The second-order valence-electron chi connectivity index (χ2n) is 7.53. The molecule has 164 valence electrons. The molecule has 3 aromatic carbocycles. The predicted molar refractivity (Wildman–Crippen MR) is 125 cm³/mol. The molecule has 4 rings (SSSR count). The molecule has 0 aromatic heterocycles. The first-order valence-electron chi connectivity index (χ1n) is 10.3. The van der Waals surface area contributed by atoms with Gasteiger partial charge in [-0.15, -0.1) is 0 Å². The second kappa shape index (κ2) is 9.32. The Kier molecular flexibility index (Phi) is 6.32. The van der Waals surface area contributed by atoms with Gasteiger partial charge in [0.15, 0.2) is 6.10 Å². The molecule has 2 amide bonds. The van der Waals surface area contributed by atoms with Gasteiger partial charge in [0, 0.05) is 5.69 Å². The molecule has 1 N–H and O–H groups in total. The average molecular weight is 451 g/mol. The van der Waals surface area contributed by atoms with Gasteiger partial charge >= 0.3 is 0 Å². The number of benzene rings is 3. The van der Waals surface area contributed by atoms with Crippen LogP contribution in [-0.4, -0.2) is 31.1 Å². The van der Waals surface area contributed by atoms with Crippen molar-refractivity contribution in [2.45, 2.75) is 20.0 Å². The van der Waals surface area contributed by atoms with Crippen LogP contribution in [0.1, 0.15) is 22.8 Å². The van der Waals surface area contributed by atoms with Crippen LogP contribution in [0.25, 0.3) is 0 Å². The lowest BCUT2D eigenvalue weighted by Crippen LogP contribution is -2.46. The Hall–Kier alpha value is -3.51. The molecule has 32 heavy (non-hydrogen) atoms. The van der Waals surface area contributed by atoms with Crippen LogP contribution < -0.4 is 19.7 Å². The Morgan fingerprint density at radius 3 is 2.62 bits per heavy atom. The molecule has 7 heteroatoms. The first-order valence-corrected chi connectivity index (χ1v) is 10.7. The van der Waals surface area contributed by atoms with Gasteiger partial charge in [-0.2, -0.15) is 0 Å². The van der Waals surface area contributed by atoms with Gasteiger partial charge in [-0.25, -0.2) is 0 Å². The maximum absolute atomic E-state index is 12.8. The van der Waals surface area contributed by atoms with Crippen molar-refractivity contribution in [2.24, 2.45) is 0 Å². The molecule has 0 saturated carbocycles. The van der Waals surface area contributed by atoms with Crippen molar-refractivity contribution < 1.29 is 19.1 Å². The smallest absolute Gasteiger partial charge is 0.267 e. The molecule has 1 unspecified atom stereocenters. The third-order valence-electron chi connectivity index (χ3n) is 5.15. The van der Waals surface area contributed by atoms with E-state index in [-0.39, 0.29) is 11.8 Å². The summed E-state index contributed by atoms with van der Waals surface area (Å²) in [6.07, 6.45) is -0.606. The van der Waals surface area contributed by atoms with Crippen molar-refractivity contribution in [3.05, 3.63) is 82.9 Å². The molecule has 0 radical (unpaired) electrons. The molecule has 1 aliphatic heterocycles. The van der Waals surface area contributed by atoms with Gasteiger partial charge in [0.25, 0.3) is 11.8 Å². The number of aryl methyl sites for hydroxylation is 1. The quantitative estimate of drug-likeness (QED) is 0.567. The number of hydrogen-bond donors (Lipinski definition) is 1. The molecular weight excluding hydrogens is 428 g/mol. The summed E-state index contributed by atoms with van der Waals surface area (Å²) < 4.78 is 11.6. The molecule has 0 saturated heterocycles. The summed E-state index contributed by atoms with van der Waals surface area (Å²) >= 11 is 6.13. The van der Waals surface area contributed by atoms with Gasteiger partial charge in [-0.1, -0.05) is 41.4 Å². The number of amides is 2. The molecular formula is C25H23ClN2O4. The van der Waals surface area contributed by atoms with E-state index in [1.807, 2.05) is 31.2 Å². The topological polar surface area (TPSA) is 67.9 Å². The highest BCUT2D eigenvalue weighted by molar-refractivity contribution is 6.34. The summed E-state index contributed by atoms with van der Waals surface area (Å²) in [6.45, 7) is 4.38. The van der Waals surface area contributed by atoms with Crippen LogP contribution in [0.5, 0.6) is 11.5 Å². The summed E-state index contributed by atoms with van der Waals surface area (Å²) in [4.78, 5) is 27.1. The van der Waals surface area contributed by atoms with Gasteiger partial charge in [0.2, 0.25) is 0 Å². The Bertz CT molecular complexity index is 1150. The van der Waals surface area contributed by atoms with Crippen LogP contribution in [0.15, 0.2) is 66.7 Å². The molecule has 0 spiro atoms. The Labute approximate surface area is 191 Å². The zero-order chi connectivity index (χ0) is 22.7. The molecule has 1 atom stereocenters. The monoisotopic (exact) mass is 450 g/mol. The van der Waals surface area contributed by atoms with Gasteiger partial charge in [-0.05, 0) is 56.3 Å². The Balaban J connectivity index is 1.51. The fourth-order valence-corrected chi connectivity index (χ4v) is 3.67. The van der Waals surface area contributed by atoms with E-state index in [1.165, 1.54) is 0 Å². The van der Waals surface area contributed by atoms with E-state index >= 15 is 0 Å². The molecule has 6 nitrogen and oxygen atoms in total. The number of halogens is 1. The van der Waals surface area contributed by atoms with Gasteiger partial charge in [0.05, 0.1) is 22.8 Å². The molecule has 3 aromatic rings. The zero-order valence-corrected chi connectivity index (χ0v) is 18.6. The van der Waals surface area contributed by atoms with E-state index in [2.05, 4.69) is 5.32 Å². The molecule has 0 fully saturated rings. The van der Waals surface area contributed by atoms with E-state index in [1.54, 1.807) is 54.3 Å². The maximum atomic E-state index is 12.8. The minimum Gasteiger partial charge on any atom is -0.492 e. The van der Waals surface area contributed by atoms with E-state index in [4.69, 9.17) is 21.1 Å². The summed E-state index contributed by atoms with van der Waals surface area (Å²) in [6, 6.07) is 19.8. The SMILES string of the molecule is Cc1ccc(OCCN2C(=O)C(C)Oc3ccc(NC(=O)c4ccccc4Cl)cc32)cc1. The average Bonchev–Trinajstić information content (AvgIpc) is 2.78. The highest BCUT2D eigenvalue weighted by Crippen LogP contribution is 2.36. The molecule has 1 heterocycles. The van der Waals surface area contributed by atoms with Crippen LogP contribution >= 0.6 is 11.6 Å². The molecule has 0 bridgehead atoms. The minimum absolute atomic E-state index is 0.167. The van der Waals surface area contributed by atoms with E-state index in [0.29, 0.717) is 40.9 Å². The number of ether oxygens (including phenoxy) is 2. The van der Waals surface area contributed by atoms with E-state index < -0.39 is 6.10 Å². The lowest BCUT2D eigenvalue weighted by atomic mass is 10.1.